The quantitative estimate of drug-likeness (QED) is 0.642. The van der Waals surface area contributed by atoms with Crippen LogP contribution < -0.4 is 10.6 Å². The van der Waals surface area contributed by atoms with Crippen molar-refractivity contribution < 1.29 is 14.7 Å². The molecule has 0 aromatic carbocycles. The van der Waals surface area contributed by atoms with Gasteiger partial charge in [0.05, 0.1) is 0 Å². The predicted octanol–water partition coefficient (Wildman–Crippen LogP) is 0.746. The van der Waals surface area contributed by atoms with Gasteiger partial charge in [-0.3, -0.25) is 4.79 Å². The van der Waals surface area contributed by atoms with E-state index in [-0.39, 0.29) is 5.91 Å². The fourth-order valence-corrected chi connectivity index (χ4v) is 2.16. The Hall–Kier alpha value is -1.10. The van der Waals surface area contributed by atoms with E-state index in [0.717, 1.165) is 32.4 Å². The Morgan fingerprint density at radius 1 is 1.53 bits per heavy atom. The van der Waals surface area contributed by atoms with Crippen molar-refractivity contribution >= 4 is 11.9 Å². The van der Waals surface area contributed by atoms with Gasteiger partial charge in [-0.15, -0.1) is 0 Å². The van der Waals surface area contributed by atoms with Crippen LogP contribution in [0, 0.1) is 5.92 Å². The van der Waals surface area contributed by atoms with Crippen LogP contribution in [-0.4, -0.2) is 36.1 Å². The highest BCUT2D eigenvalue weighted by atomic mass is 16.4. The van der Waals surface area contributed by atoms with Crippen LogP contribution in [0.15, 0.2) is 0 Å². The van der Waals surface area contributed by atoms with Crippen molar-refractivity contribution in [2.75, 3.05) is 13.1 Å². The largest absolute Gasteiger partial charge is 0.480 e. The van der Waals surface area contributed by atoms with E-state index in [4.69, 9.17) is 5.11 Å². The first-order chi connectivity index (χ1) is 8.13. The highest BCUT2D eigenvalue weighted by molar-refractivity contribution is 5.83. The maximum Gasteiger partial charge on any atom is 0.326 e. The van der Waals surface area contributed by atoms with Crippen LogP contribution in [0.4, 0.5) is 0 Å². The van der Waals surface area contributed by atoms with Gasteiger partial charge in [0.1, 0.15) is 6.04 Å². The molecule has 2 atom stereocenters. The van der Waals surface area contributed by atoms with Crippen LogP contribution >= 0.6 is 0 Å². The van der Waals surface area contributed by atoms with Gasteiger partial charge in [-0.25, -0.2) is 4.79 Å². The molecule has 0 aromatic rings. The van der Waals surface area contributed by atoms with Crippen LogP contribution in [0.25, 0.3) is 0 Å². The summed E-state index contributed by atoms with van der Waals surface area (Å²) >= 11 is 0. The van der Waals surface area contributed by atoms with Crippen molar-refractivity contribution in [1.29, 1.82) is 0 Å². The molecule has 0 spiro atoms. The molecule has 0 radical (unpaired) electrons. The molecule has 1 saturated heterocycles. The monoisotopic (exact) mass is 242 g/mol. The lowest BCUT2D eigenvalue weighted by Crippen LogP contribution is -2.42. The molecule has 2 unspecified atom stereocenters. The molecule has 1 amide bonds. The van der Waals surface area contributed by atoms with Crippen molar-refractivity contribution in [1.82, 2.24) is 10.6 Å². The zero-order valence-corrected chi connectivity index (χ0v) is 10.4. The second-order valence-electron chi connectivity index (χ2n) is 4.66. The average Bonchev–Trinajstić information content (AvgIpc) is 2.29. The number of hydrogen-bond acceptors (Lipinski definition) is 3. The molecule has 1 aliphatic heterocycles. The van der Waals surface area contributed by atoms with Gasteiger partial charge in [-0.05, 0) is 38.3 Å². The van der Waals surface area contributed by atoms with Crippen molar-refractivity contribution in [3.05, 3.63) is 0 Å². The van der Waals surface area contributed by atoms with Crippen molar-refractivity contribution in [3.8, 4) is 0 Å². The molecule has 3 N–H and O–H groups in total. The lowest BCUT2D eigenvalue weighted by Gasteiger charge is -2.23. The summed E-state index contributed by atoms with van der Waals surface area (Å²) in [7, 11) is 0. The van der Waals surface area contributed by atoms with Gasteiger partial charge < -0.3 is 15.7 Å². The SMILES string of the molecule is CCCC(NC(=O)CC1CCCNC1)C(=O)O. The molecule has 1 aliphatic rings. The number of carboxylic acid groups (broad SMARTS) is 1. The summed E-state index contributed by atoms with van der Waals surface area (Å²) in [5, 5.41) is 14.8. The first-order valence-corrected chi connectivity index (χ1v) is 6.36. The molecule has 98 valence electrons. The topological polar surface area (TPSA) is 78.4 Å². The predicted molar refractivity (Wildman–Crippen MR) is 64.7 cm³/mol. The fourth-order valence-electron chi connectivity index (χ4n) is 2.16. The Labute approximate surface area is 102 Å². The number of amides is 1. The van der Waals surface area contributed by atoms with Gasteiger partial charge in [-0.1, -0.05) is 13.3 Å². The summed E-state index contributed by atoms with van der Waals surface area (Å²) in [5.74, 6) is -0.735. The third kappa shape index (κ3) is 5.17. The zero-order valence-electron chi connectivity index (χ0n) is 10.4. The maximum atomic E-state index is 11.7. The Balaban J connectivity index is 2.33. The van der Waals surface area contributed by atoms with Gasteiger partial charge in [0.25, 0.3) is 0 Å². The number of carbonyl (C=O) groups excluding carboxylic acids is 1. The van der Waals surface area contributed by atoms with Crippen molar-refractivity contribution in [2.45, 2.75) is 45.1 Å². The fraction of sp³-hybridized carbons (Fsp3) is 0.833. The van der Waals surface area contributed by atoms with E-state index < -0.39 is 12.0 Å². The summed E-state index contributed by atoms with van der Waals surface area (Å²) in [6.45, 7) is 3.79. The minimum Gasteiger partial charge on any atom is -0.480 e. The number of aliphatic carboxylic acids is 1. The van der Waals surface area contributed by atoms with Crippen LogP contribution in [0.2, 0.25) is 0 Å². The molecule has 0 aliphatic carbocycles. The normalized spacial score (nSPS) is 21.8. The number of nitrogens with one attached hydrogen (secondary N) is 2. The zero-order chi connectivity index (χ0) is 12.7. The van der Waals surface area contributed by atoms with Crippen LogP contribution in [0.5, 0.6) is 0 Å². The second-order valence-corrected chi connectivity index (χ2v) is 4.66. The molecular weight excluding hydrogens is 220 g/mol. The molecule has 0 bridgehead atoms. The summed E-state index contributed by atoms with van der Waals surface area (Å²) in [5.41, 5.74) is 0. The van der Waals surface area contributed by atoms with Crippen LogP contribution in [0.3, 0.4) is 0 Å². The van der Waals surface area contributed by atoms with Gasteiger partial charge >= 0.3 is 5.97 Å². The van der Waals surface area contributed by atoms with E-state index in [9.17, 15) is 9.59 Å². The van der Waals surface area contributed by atoms with E-state index in [0.29, 0.717) is 18.8 Å². The minimum absolute atomic E-state index is 0.139. The molecule has 0 saturated carbocycles. The third-order valence-electron chi connectivity index (χ3n) is 3.08. The van der Waals surface area contributed by atoms with Gasteiger partial charge in [-0.2, -0.15) is 0 Å². The third-order valence-corrected chi connectivity index (χ3v) is 3.08. The molecule has 5 heteroatoms. The molecule has 1 rings (SSSR count). The number of carbonyl (C=O) groups is 2. The standard InChI is InChI=1S/C12H22N2O3/c1-2-4-10(12(16)17)14-11(15)7-9-5-3-6-13-8-9/h9-10,13H,2-8H2,1H3,(H,14,15)(H,16,17). The Morgan fingerprint density at radius 3 is 2.82 bits per heavy atom. The Kier molecular flexibility index (Phi) is 5.97. The summed E-state index contributed by atoms with van der Waals surface area (Å²) in [6, 6.07) is -0.732. The minimum atomic E-state index is -0.943. The molecular formula is C12H22N2O3. The first kappa shape index (κ1) is 14.0. The van der Waals surface area contributed by atoms with Crippen LogP contribution in [0.1, 0.15) is 39.0 Å². The van der Waals surface area contributed by atoms with Crippen molar-refractivity contribution in [2.24, 2.45) is 5.92 Å². The number of carboxylic acids is 1. The first-order valence-electron chi connectivity index (χ1n) is 6.36. The Bertz CT molecular complexity index is 262. The highest BCUT2D eigenvalue weighted by Gasteiger charge is 2.21. The summed E-state index contributed by atoms with van der Waals surface area (Å²) in [4.78, 5) is 22.6. The van der Waals surface area contributed by atoms with E-state index in [1.807, 2.05) is 6.92 Å². The summed E-state index contributed by atoms with van der Waals surface area (Å²) in [6.07, 6.45) is 3.81. The van der Waals surface area contributed by atoms with Gasteiger partial charge in [0, 0.05) is 6.42 Å². The molecule has 1 fully saturated rings. The lowest BCUT2D eigenvalue weighted by atomic mass is 9.95. The van der Waals surface area contributed by atoms with E-state index in [2.05, 4.69) is 10.6 Å². The molecule has 1 heterocycles. The van der Waals surface area contributed by atoms with Crippen LogP contribution in [-0.2, 0) is 9.59 Å². The maximum absolute atomic E-state index is 11.7. The van der Waals surface area contributed by atoms with E-state index in [1.54, 1.807) is 0 Å². The number of hydrogen-bond donors (Lipinski definition) is 3. The smallest absolute Gasteiger partial charge is 0.326 e. The molecule has 17 heavy (non-hydrogen) atoms. The van der Waals surface area contributed by atoms with Gasteiger partial charge in [0.15, 0.2) is 0 Å². The number of piperidine rings is 1. The molecule has 5 nitrogen and oxygen atoms in total. The second kappa shape index (κ2) is 7.27. The van der Waals surface area contributed by atoms with E-state index in [1.165, 1.54) is 0 Å². The lowest BCUT2D eigenvalue weighted by molar-refractivity contribution is -0.142. The number of rotatable bonds is 6. The molecule has 0 aromatic heterocycles. The highest BCUT2D eigenvalue weighted by Crippen LogP contribution is 2.13. The van der Waals surface area contributed by atoms with E-state index >= 15 is 0 Å². The average molecular weight is 242 g/mol. The Morgan fingerprint density at radius 2 is 2.29 bits per heavy atom. The van der Waals surface area contributed by atoms with Crippen molar-refractivity contribution in [3.63, 3.8) is 0 Å². The summed E-state index contributed by atoms with van der Waals surface area (Å²) < 4.78 is 0. The van der Waals surface area contributed by atoms with Gasteiger partial charge in [0.2, 0.25) is 5.91 Å².